The van der Waals surface area contributed by atoms with E-state index in [1.165, 1.54) is 16.9 Å². The predicted molar refractivity (Wildman–Crippen MR) is 103 cm³/mol. The van der Waals surface area contributed by atoms with E-state index in [0.29, 0.717) is 24.5 Å². The highest BCUT2D eigenvalue weighted by Crippen LogP contribution is 2.26. The molecule has 2 fully saturated rings. The van der Waals surface area contributed by atoms with Gasteiger partial charge >= 0.3 is 0 Å². The van der Waals surface area contributed by atoms with E-state index in [0.717, 1.165) is 32.1 Å². The van der Waals surface area contributed by atoms with Crippen molar-refractivity contribution < 1.29 is 19.1 Å². The lowest BCUT2D eigenvalue weighted by molar-refractivity contribution is -0.158. The highest BCUT2D eigenvalue weighted by Gasteiger charge is 2.33. The van der Waals surface area contributed by atoms with E-state index in [1.54, 1.807) is 0 Å². The first-order valence-corrected chi connectivity index (χ1v) is 10.3. The number of carbonyl (C=O) groups is 2. The molecule has 0 aromatic heterocycles. The van der Waals surface area contributed by atoms with Crippen molar-refractivity contribution in [3.05, 3.63) is 29.8 Å². The lowest BCUT2D eigenvalue weighted by Crippen LogP contribution is -2.42. The van der Waals surface area contributed by atoms with Gasteiger partial charge in [0, 0.05) is 12.8 Å². The molecule has 27 heavy (non-hydrogen) atoms. The predicted octanol–water partition coefficient (Wildman–Crippen LogP) is 4.40. The van der Waals surface area contributed by atoms with E-state index in [2.05, 4.69) is 26.0 Å². The van der Waals surface area contributed by atoms with Gasteiger partial charge in [-0.3, -0.25) is 14.5 Å². The highest BCUT2D eigenvalue weighted by atomic mass is 16.7. The Kier molecular flexibility index (Phi) is 6.89. The van der Waals surface area contributed by atoms with Gasteiger partial charge < -0.3 is 9.47 Å². The average molecular weight is 373 g/mol. The van der Waals surface area contributed by atoms with Crippen molar-refractivity contribution >= 4 is 11.8 Å². The summed E-state index contributed by atoms with van der Waals surface area (Å²) in [6.07, 6.45) is 6.76. The van der Waals surface area contributed by atoms with Crippen molar-refractivity contribution in [2.75, 3.05) is 6.54 Å². The third-order valence-corrected chi connectivity index (χ3v) is 5.71. The van der Waals surface area contributed by atoms with Crippen LogP contribution in [0.15, 0.2) is 24.3 Å². The van der Waals surface area contributed by atoms with Crippen LogP contribution in [0.3, 0.4) is 0 Å². The molecule has 5 heteroatoms. The minimum Gasteiger partial charge on any atom is -0.463 e. The molecule has 2 unspecified atom stereocenters. The van der Waals surface area contributed by atoms with Gasteiger partial charge in [0.15, 0.2) is 0 Å². The summed E-state index contributed by atoms with van der Waals surface area (Å²) in [5.41, 5.74) is 1.28. The third kappa shape index (κ3) is 5.32. The second-order valence-corrected chi connectivity index (χ2v) is 7.72. The van der Waals surface area contributed by atoms with E-state index in [-0.39, 0.29) is 24.5 Å². The fourth-order valence-corrected chi connectivity index (χ4v) is 3.76. The fraction of sp³-hybridized carbons (Fsp3) is 0.636. The van der Waals surface area contributed by atoms with Crippen LogP contribution in [0.25, 0.3) is 0 Å². The molecule has 2 atom stereocenters. The summed E-state index contributed by atoms with van der Waals surface area (Å²) < 4.78 is 12.3. The van der Waals surface area contributed by atoms with Crippen LogP contribution >= 0.6 is 0 Å². The van der Waals surface area contributed by atoms with Crippen LogP contribution in [-0.2, 0) is 14.3 Å². The van der Waals surface area contributed by atoms with E-state index in [4.69, 9.17) is 9.47 Å². The largest absolute Gasteiger partial charge is 0.463 e. The molecule has 0 spiro atoms. The molecule has 1 heterocycles. The van der Waals surface area contributed by atoms with Crippen molar-refractivity contribution in [1.29, 1.82) is 0 Å². The minimum atomic E-state index is -0.617. The van der Waals surface area contributed by atoms with Crippen LogP contribution in [0.1, 0.15) is 76.7 Å². The molecule has 1 aromatic rings. The zero-order valence-electron chi connectivity index (χ0n) is 16.5. The Hall–Kier alpha value is -1.88. The maximum Gasteiger partial charge on any atom is 0.229 e. The number of hydrogen-bond donors (Lipinski definition) is 0. The van der Waals surface area contributed by atoms with E-state index in [1.807, 2.05) is 12.1 Å². The van der Waals surface area contributed by atoms with E-state index in [9.17, 15) is 9.59 Å². The normalized spacial score (nSPS) is 20.7. The summed E-state index contributed by atoms with van der Waals surface area (Å²) in [6, 6.07) is 8.05. The van der Waals surface area contributed by atoms with Gasteiger partial charge in [-0.1, -0.05) is 45.2 Å². The van der Waals surface area contributed by atoms with E-state index < -0.39 is 6.29 Å². The Morgan fingerprint density at radius 3 is 2.26 bits per heavy atom. The number of ether oxygens (including phenoxy) is 2. The number of imide groups is 1. The molecule has 3 rings (SSSR count). The molecule has 0 radical (unpaired) electrons. The van der Waals surface area contributed by atoms with E-state index >= 15 is 0 Å². The monoisotopic (exact) mass is 373 g/mol. The lowest BCUT2D eigenvalue weighted by atomic mass is 9.98. The van der Waals surface area contributed by atoms with Gasteiger partial charge in [0.2, 0.25) is 18.1 Å². The first kappa shape index (κ1) is 19.9. The second-order valence-electron chi connectivity index (χ2n) is 7.72. The summed E-state index contributed by atoms with van der Waals surface area (Å²) in [5.74, 6) is 0.955. The number of hydrogen-bond acceptors (Lipinski definition) is 4. The smallest absolute Gasteiger partial charge is 0.229 e. The molecule has 148 valence electrons. The van der Waals surface area contributed by atoms with Crippen LogP contribution in [0.2, 0.25) is 0 Å². The zero-order chi connectivity index (χ0) is 19.2. The Labute approximate surface area is 162 Å². The van der Waals surface area contributed by atoms with Gasteiger partial charge in [-0.05, 0) is 42.9 Å². The third-order valence-electron chi connectivity index (χ3n) is 5.71. The molecular weight excluding hydrogens is 342 g/mol. The Morgan fingerprint density at radius 1 is 1.04 bits per heavy atom. The second kappa shape index (κ2) is 9.36. The molecule has 0 N–H and O–H groups in total. The van der Waals surface area contributed by atoms with Crippen molar-refractivity contribution in [1.82, 2.24) is 4.90 Å². The number of likely N-dealkylation sites (tertiary alicyclic amines) is 1. The number of nitrogens with zero attached hydrogens (tertiary/aromatic N) is 1. The van der Waals surface area contributed by atoms with Gasteiger partial charge in [-0.2, -0.15) is 0 Å². The standard InChI is InChI=1S/C22H31NO4/c1-3-16(2)17-9-11-19(12-10-17)27-22(26-18-7-5-4-6-8-18)15-23-20(24)13-14-21(23)25/h9-12,16,18,22H,3-8,13-15H2,1-2H3. The Balaban J connectivity index is 1.68. The fourth-order valence-electron chi connectivity index (χ4n) is 3.76. The molecule has 2 aliphatic rings. The average Bonchev–Trinajstić information content (AvgIpc) is 3.00. The molecule has 1 saturated carbocycles. The van der Waals surface area contributed by atoms with Gasteiger partial charge in [0.1, 0.15) is 5.75 Å². The first-order chi connectivity index (χ1) is 13.1. The molecular formula is C22H31NO4. The van der Waals surface area contributed by atoms with Gasteiger partial charge in [0.05, 0.1) is 12.6 Å². The van der Waals surface area contributed by atoms with Gasteiger partial charge in [-0.15, -0.1) is 0 Å². The summed E-state index contributed by atoms with van der Waals surface area (Å²) in [5, 5.41) is 0. The van der Waals surface area contributed by atoms with Crippen molar-refractivity contribution in [2.24, 2.45) is 0 Å². The summed E-state index contributed by atoms with van der Waals surface area (Å²) in [7, 11) is 0. The first-order valence-electron chi connectivity index (χ1n) is 10.3. The molecule has 5 nitrogen and oxygen atoms in total. The maximum atomic E-state index is 12.0. The number of rotatable bonds is 8. The van der Waals surface area contributed by atoms with Crippen LogP contribution in [0, 0.1) is 0 Å². The highest BCUT2D eigenvalue weighted by molar-refractivity contribution is 6.01. The van der Waals surface area contributed by atoms with Crippen LogP contribution in [-0.4, -0.2) is 35.7 Å². The van der Waals surface area contributed by atoms with Crippen molar-refractivity contribution in [3.8, 4) is 5.75 Å². The zero-order valence-corrected chi connectivity index (χ0v) is 16.5. The minimum absolute atomic E-state index is 0.132. The molecule has 0 bridgehead atoms. The topological polar surface area (TPSA) is 55.8 Å². The van der Waals surface area contributed by atoms with Crippen LogP contribution < -0.4 is 4.74 Å². The maximum absolute atomic E-state index is 12.0. The lowest BCUT2D eigenvalue weighted by Gasteiger charge is -2.30. The molecule has 1 aliphatic carbocycles. The summed E-state index contributed by atoms with van der Waals surface area (Å²) in [4.78, 5) is 25.3. The SMILES string of the molecule is CCC(C)c1ccc(OC(CN2C(=O)CCC2=O)OC2CCCCC2)cc1. The number of amides is 2. The number of benzene rings is 1. The molecule has 1 saturated heterocycles. The van der Waals surface area contributed by atoms with Gasteiger partial charge in [0.25, 0.3) is 0 Å². The summed E-state index contributed by atoms with van der Waals surface area (Å²) >= 11 is 0. The Bertz CT molecular complexity index is 620. The summed E-state index contributed by atoms with van der Waals surface area (Å²) in [6.45, 7) is 4.55. The molecule has 1 aliphatic heterocycles. The number of carbonyl (C=O) groups excluding carboxylic acids is 2. The van der Waals surface area contributed by atoms with Crippen molar-refractivity contribution in [2.45, 2.75) is 83.5 Å². The molecule has 2 amide bonds. The van der Waals surface area contributed by atoms with Gasteiger partial charge in [-0.25, -0.2) is 0 Å². The van der Waals surface area contributed by atoms with Crippen LogP contribution in [0.5, 0.6) is 5.75 Å². The Morgan fingerprint density at radius 2 is 1.67 bits per heavy atom. The van der Waals surface area contributed by atoms with Crippen LogP contribution in [0.4, 0.5) is 0 Å². The quantitative estimate of drug-likeness (QED) is 0.500. The molecule has 1 aromatic carbocycles. The van der Waals surface area contributed by atoms with Crippen molar-refractivity contribution in [3.63, 3.8) is 0 Å².